The van der Waals surface area contributed by atoms with Crippen LogP contribution in [0.5, 0.6) is 5.75 Å². The molecule has 0 unspecified atom stereocenters. The Balaban J connectivity index is 1.65. The molecule has 378 valence electrons. The lowest BCUT2D eigenvalue weighted by Crippen LogP contribution is -2.40. The van der Waals surface area contributed by atoms with Crippen LogP contribution >= 0.6 is 23.1 Å². The summed E-state index contributed by atoms with van der Waals surface area (Å²) in [6.45, 7) is 17.5. The number of hydrazone groups is 1. The molecule has 0 aliphatic rings. The SMILES string of the molecule is CSc1sc(C=NNC(=O)OC(C)(C)C)cc1S(=O)(=O)c1cccc(-c2c(C)cc(NC(=NC(=O)OC(C)(C)C)NC(=O)OC(C)(C)C)cc2NC(=O)NCCCCCOc2ccc(C(=O)O)cc2)c1. The van der Waals surface area contributed by atoms with Crippen LogP contribution < -0.4 is 31.4 Å². The number of nitrogens with zero attached hydrogens (tertiary/aromatic N) is 2. The predicted molar refractivity (Wildman–Crippen MR) is 272 cm³/mol. The number of sulfone groups is 1. The van der Waals surface area contributed by atoms with Crippen LogP contribution in [0.3, 0.4) is 0 Å². The number of aryl methyl sites for hydroxylation is 1. The number of hydrogen-bond donors (Lipinski definition) is 6. The van der Waals surface area contributed by atoms with Crippen LogP contribution in [0.4, 0.5) is 30.6 Å². The Morgan fingerprint density at radius 2 is 1.46 bits per heavy atom. The molecule has 0 radical (unpaired) electrons. The van der Waals surface area contributed by atoms with Crippen molar-refractivity contribution in [3.8, 4) is 16.9 Å². The van der Waals surface area contributed by atoms with Crippen LogP contribution in [0, 0.1) is 6.92 Å². The van der Waals surface area contributed by atoms with Crippen LogP contribution in [-0.4, -0.2) is 92.2 Å². The zero-order valence-corrected chi connectivity index (χ0v) is 43.5. The number of thioether (sulfide) groups is 1. The quantitative estimate of drug-likeness (QED) is 0.0152. The van der Waals surface area contributed by atoms with Crippen LogP contribution in [0.25, 0.3) is 11.1 Å². The number of aliphatic imine (C=N–C) groups is 1. The van der Waals surface area contributed by atoms with Gasteiger partial charge in [0.2, 0.25) is 15.8 Å². The van der Waals surface area contributed by atoms with E-state index in [0.29, 0.717) is 57.4 Å². The third-order valence-electron chi connectivity index (χ3n) is 8.88. The minimum absolute atomic E-state index is 0.0325. The molecule has 0 saturated heterocycles. The number of carbonyl (C=O) groups is 5. The molecule has 4 aromatic rings. The summed E-state index contributed by atoms with van der Waals surface area (Å²) in [5.41, 5.74) is 1.79. The van der Waals surface area contributed by atoms with Gasteiger partial charge < -0.3 is 40.0 Å². The molecule has 22 heteroatoms. The second-order valence-electron chi connectivity index (χ2n) is 18.4. The van der Waals surface area contributed by atoms with Crippen molar-refractivity contribution in [2.24, 2.45) is 10.1 Å². The number of anilines is 2. The number of carboxylic acid groups (broad SMARTS) is 1. The molecule has 0 spiro atoms. The number of benzene rings is 3. The molecule has 3 aromatic carbocycles. The molecule has 1 aromatic heterocycles. The van der Waals surface area contributed by atoms with Crippen LogP contribution in [0.1, 0.15) is 102 Å². The third-order valence-corrected chi connectivity index (χ3v) is 13.1. The number of amides is 5. The normalized spacial score (nSPS) is 12.2. The van der Waals surface area contributed by atoms with E-state index in [1.165, 1.54) is 65.7 Å². The minimum atomic E-state index is -4.16. The number of ether oxygens (including phenoxy) is 4. The zero-order chi connectivity index (χ0) is 52.0. The summed E-state index contributed by atoms with van der Waals surface area (Å²) in [5.74, 6) is -0.828. The summed E-state index contributed by atoms with van der Waals surface area (Å²) < 4.78 is 51.0. The highest BCUT2D eigenvalue weighted by molar-refractivity contribution is 8.01. The number of hydrogen-bond acceptors (Lipinski definition) is 14. The van der Waals surface area contributed by atoms with Crippen LogP contribution in [0.2, 0.25) is 0 Å². The number of urea groups is 1. The van der Waals surface area contributed by atoms with Crippen LogP contribution in [0.15, 0.2) is 90.8 Å². The highest BCUT2D eigenvalue weighted by Crippen LogP contribution is 2.39. The molecule has 5 amide bonds. The highest BCUT2D eigenvalue weighted by atomic mass is 32.2. The molecule has 0 atom stereocenters. The van der Waals surface area contributed by atoms with Gasteiger partial charge in [-0.1, -0.05) is 12.1 Å². The van der Waals surface area contributed by atoms with E-state index < -0.39 is 56.9 Å². The summed E-state index contributed by atoms with van der Waals surface area (Å²) in [4.78, 5) is 67.1. The number of guanidine groups is 1. The molecule has 0 aliphatic heterocycles. The lowest BCUT2D eigenvalue weighted by atomic mass is 9.97. The fourth-order valence-corrected chi connectivity index (χ4v) is 10.1. The van der Waals surface area contributed by atoms with Gasteiger partial charge in [-0.05, 0) is 160 Å². The predicted octanol–water partition coefficient (Wildman–Crippen LogP) is 10.4. The summed E-state index contributed by atoms with van der Waals surface area (Å²) in [6.07, 6.45) is 2.34. The van der Waals surface area contributed by atoms with E-state index in [2.05, 4.69) is 36.8 Å². The van der Waals surface area contributed by atoms with Gasteiger partial charge in [-0.3, -0.25) is 5.32 Å². The zero-order valence-electron chi connectivity index (χ0n) is 41.0. The number of aromatic carboxylic acids is 1. The topological polar surface area (TPSA) is 262 Å². The van der Waals surface area contributed by atoms with Crippen molar-refractivity contribution >= 4 is 86.8 Å². The molecular weight excluding hydrogens is 963 g/mol. The lowest BCUT2D eigenvalue weighted by Gasteiger charge is -2.22. The first-order chi connectivity index (χ1) is 32.6. The number of alkyl carbamates (subject to hydrolysis) is 1. The first-order valence-corrected chi connectivity index (χ1v) is 25.4. The number of nitrogens with one attached hydrogen (secondary N) is 5. The Kier molecular flexibility index (Phi) is 19.4. The summed E-state index contributed by atoms with van der Waals surface area (Å²) in [7, 11) is -4.16. The maximum absolute atomic E-state index is 14.4. The van der Waals surface area contributed by atoms with Gasteiger partial charge in [0.15, 0.2) is 0 Å². The summed E-state index contributed by atoms with van der Waals surface area (Å²) in [6, 6.07) is 16.4. The van der Waals surface area contributed by atoms with Gasteiger partial charge in [0.05, 0.1) is 38.1 Å². The van der Waals surface area contributed by atoms with Crippen molar-refractivity contribution < 1.29 is 56.4 Å². The maximum Gasteiger partial charge on any atom is 0.437 e. The van der Waals surface area contributed by atoms with Crippen LogP contribution in [-0.2, 0) is 24.0 Å². The third kappa shape index (κ3) is 18.3. The van der Waals surface area contributed by atoms with E-state index in [1.807, 2.05) is 0 Å². The Bertz CT molecular complexity index is 2700. The fraction of sp³-hybridized carbons (Fsp3) is 0.396. The molecule has 6 N–H and O–H groups in total. The maximum atomic E-state index is 14.4. The molecule has 70 heavy (non-hydrogen) atoms. The lowest BCUT2D eigenvalue weighted by molar-refractivity contribution is 0.0524. The minimum Gasteiger partial charge on any atom is -0.494 e. The van der Waals surface area contributed by atoms with E-state index in [9.17, 15) is 32.4 Å². The molecular formula is C48H61N7O12S3. The Morgan fingerprint density at radius 3 is 2.09 bits per heavy atom. The monoisotopic (exact) mass is 1020 g/mol. The molecule has 1 heterocycles. The number of unbranched alkanes of at least 4 members (excludes halogenated alkanes) is 2. The van der Waals surface area contributed by atoms with Crippen molar-refractivity contribution in [1.82, 2.24) is 16.1 Å². The van der Waals surface area contributed by atoms with E-state index >= 15 is 0 Å². The number of carbonyl (C=O) groups excluding carboxylic acids is 4. The van der Waals surface area contributed by atoms with E-state index in [4.69, 9.17) is 24.1 Å². The van der Waals surface area contributed by atoms with Crippen molar-refractivity contribution in [3.05, 3.63) is 82.7 Å². The Labute approximate surface area is 416 Å². The molecule has 0 bridgehead atoms. The largest absolute Gasteiger partial charge is 0.494 e. The summed E-state index contributed by atoms with van der Waals surface area (Å²) in [5, 5.41) is 24.2. The first kappa shape index (κ1) is 55.9. The Morgan fingerprint density at radius 1 is 0.800 bits per heavy atom. The van der Waals surface area contributed by atoms with Gasteiger partial charge >= 0.3 is 30.3 Å². The fourth-order valence-electron chi connectivity index (χ4n) is 6.16. The average molecular weight is 1020 g/mol. The van der Waals surface area contributed by atoms with Gasteiger partial charge in [-0.2, -0.15) is 5.10 Å². The second kappa shape index (κ2) is 24.3. The van der Waals surface area contributed by atoms with Crippen molar-refractivity contribution in [1.29, 1.82) is 0 Å². The van der Waals surface area contributed by atoms with E-state index in [1.54, 1.807) is 106 Å². The van der Waals surface area contributed by atoms with E-state index in [-0.39, 0.29) is 39.2 Å². The average Bonchev–Trinajstić information content (AvgIpc) is 3.65. The molecule has 0 aliphatic carbocycles. The van der Waals surface area contributed by atoms with Gasteiger partial charge in [-0.25, -0.2) is 37.8 Å². The molecule has 0 fully saturated rings. The molecule has 19 nitrogen and oxygen atoms in total. The smallest absolute Gasteiger partial charge is 0.437 e. The summed E-state index contributed by atoms with van der Waals surface area (Å²) >= 11 is 2.41. The highest BCUT2D eigenvalue weighted by Gasteiger charge is 2.26. The standard InChI is InChI=1S/C48H61N7O12S3/c1-29-24-32(51-41(53-43(59)65-46(2,3)4)54-44(60)66-47(5,6)7)26-36(52-42(58)49-22-13-12-14-23-64-33-20-18-30(19-21-33)39(56)57)38(29)31-16-15-17-35(25-31)70(62,63)37-27-34(69-40(37)68-11)28-50-55-45(61)67-48(8,9)10/h15-21,24-28H,12-14,22-23H2,1-11H3,(H,55,61)(H,56,57)(H2,49,52,58)(H2,51,53,54,59,60). The van der Waals surface area contributed by atoms with Crippen molar-refractivity contribution in [3.63, 3.8) is 0 Å². The van der Waals surface area contributed by atoms with Gasteiger partial charge in [0, 0.05) is 22.7 Å². The van der Waals surface area contributed by atoms with Gasteiger partial charge in [0.25, 0.3) is 0 Å². The number of thiophene rings is 1. The first-order valence-electron chi connectivity index (χ1n) is 21.9. The van der Waals surface area contributed by atoms with Crippen molar-refractivity contribution in [2.75, 3.05) is 30.0 Å². The number of carboxylic acids is 1. The second-order valence-corrected chi connectivity index (χ2v) is 22.5. The van der Waals surface area contributed by atoms with Crippen molar-refractivity contribution in [2.45, 2.75) is 119 Å². The number of rotatable bonds is 16. The van der Waals surface area contributed by atoms with Gasteiger partial charge in [0.1, 0.15) is 22.6 Å². The molecule has 4 rings (SSSR count). The van der Waals surface area contributed by atoms with E-state index in [0.717, 1.165) is 0 Å². The van der Waals surface area contributed by atoms with Gasteiger partial charge in [-0.15, -0.1) is 28.1 Å². The Hall–Kier alpha value is -6.65. The molecule has 0 saturated carbocycles.